The smallest absolute Gasteiger partial charge is 0.322 e. The zero-order chi connectivity index (χ0) is 38.7. The van der Waals surface area contributed by atoms with Crippen LogP contribution in [0.1, 0.15) is 206 Å². The Morgan fingerprint density at radius 1 is 0.509 bits per heavy atom. The molecule has 1 amide bonds. The van der Waals surface area contributed by atoms with Gasteiger partial charge in [0.2, 0.25) is 5.91 Å². The molecule has 1 unspecified atom stereocenters. The maximum atomic E-state index is 12.8. The Bertz CT molecular complexity index is 995. The van der Waals surface area contributed by atoms with Crippen LogP contribution in [0.3, 0.4) is 0 Å². The lowest BCUT2D eigenvalue weighted by atomic mass is 10.0. The van der Waals surface area contributed by atoms with Crippen molar-refractivity contribution in [1.29, 1.82) is 0 Å². The first kappa shape index (κ1) is 50.1. The van der Waals surface area contributed by atoms with Crippen molar-refractivity contribution in [3.63, 3.8) is 0 Å². The van der Waals surface area contributed by atoms with Crippen molar-refractivity contribution in [2.75, 3.05) is 6.54 Å². The molecule has 6 heteroatoms. The van der Waals surface area contributed by atoms with E-state index in [0.29, 0.717) is 12.8 Å². The molecular weight excluding hydrogens is 659 g/mol. The van der Waals surface area contributed by atoms with Gasteiger partial charge in [0.05, 0.1) is 0 Å². The molecule has 0 saturated heterocycles. The van der Waals surface area contributed by atoms with Crippen LogP contribution >= 0.6 is 0 Å². The molecule has 0 aliphatic carbocycles. The quantitative estimate of drug-likeness (QED) is 0.0372. The van der Waals surface area contributed by atoms with E-state index in [-0.39, 0.29) is 24.5 Å². The second-order valence-corrected chi connectivity index (χ2v) is 14.6. The molecule has 1 atom stereocenters. The average molecular weight is 740 g/mol. The molecule has 6 nitrogen and oxygen atoms in total. The monoisotopic (exact) mass is 740 g/mol. The third-order valence-corrected chi connectivity index (χ3v) is 9.43. The van der Waals surface area contributed by atoms with E-state index in [1.54, 1.807) is 0 Å². The van der Waals surface area contributed by atoms with Gasteiger partial charge in [-0.2, -0.15) is 0 Å². The van der Waals surface area contributed by atoms with Gasteiger partial charge in [0.15, 0.2) is 0 Å². The van der Waals surface area contributed by atoms with Crippen LogP contribution in [0.25, 0.3) is 0 Å². The zero-order valence-corrected chi connectivity index (χ0v) is 34.4. The molecule has 304 valence electrons. The van der Waals surface area contributed by atoms with Gasteiger partial charge in [-0.25, -0.2) is 0 Å². The van der Waals surface area contributed by atoms with Crippen LogP contribution in [0.5, 0.6) is 0 Å². The van der Waals surface area contributed by atoms with E-state index in [4.69, 9.17) is 9.84 Å². The number of aliphatic carboxylic acids is 1. The van der Waals surface area contributed by atoms with Crippen LogP contribution < -0.4 is 5.32 Å². The molecule has 0 aromatic rings. The average Bonchev–Trinajstić information content (AvgIpc) is 3.14. The predicted molar refractivity (Wildman–Crippen MR) is 226 cm³/mol. The Hall–Kier alpha value is -2.89. The van der Waals surface area contributed by atoms with Gasteiger partial charge in [-0.15, -0.1) is 0 Å². The van der Waals surface area contributed by atoms with Gasteiger partial charge in [0.1, 0.15) is 12.6 Å². The highest BCUT2D eigenvalue weighted by Gasteiger charge is 2.14. The highest BCUT2D eigenvalue weighted by molar-refractivity contribution is 5.80. The summed E-state index contributed by atoms with van der Waals surface area (Å²) in [6.07, 6.45) is 54.9. The molecule has 0 fully saturated rings. The Kier molecular flexibility index (Phi) is 39.6. The number of allylic oxidation sites excluding steroid dienone is 10. The van der Waals surface area contributed by atoms with E-state index < -0.39 is 5.97 Å². The lowest BCUT2D eigenvalue weighted by Crippen LogP contribution is -2.28. The van der Waals surface area contributed by atoms with Crippen molar-refractivity contribution < 1.29 is 24.2 Å². The standard InChI is InChI=1S/C47H81NO5/c1-3-5-7-9-11-13-15-17-18-19-20-21-23-25-27-29-34-38-42-47(52)53-44(40-36-32-30-33-37-41-45(49)48-43-46(50)51)39-35-31-28-26-24-22-16-14-12-10-8-6-4-2/h6,8,12,14,18-19,22,24,28,31,44H,3-5,7,9-11,13,15-17,20-21,23,25-27,29-30,32-43H2,1-2H3,(H,48,49)(H,50,51)/b8-6-,14-12-,19-18-,24-22-,31-28-. The minimum absolute atomic E-state index is 0.0546. The summed E-state index contributed by atoms with van der Waals surface area (Å²) in [6.45, 7) is 4.10. The summed E-state index contributed by atoms with van der Waals surface area (Å²) in [6, 6.07) is 0. The maximum absolute atomic E-state index is 12.8. The molecule has 0 saturated carbocycles. The van der Waals surface area contributed by atoms with E-state index >= 15 is 0 Å². The van der Waals surface area contributed by atoms with Gasteiger partial charge >= 0.3 is 11.9 Å². The van der Waals surface area contributed by atoms with Crippen molar-refractivity contribution in [2.45, 2.75) is 213 Å². The lowest BCUT2D eigenvalue weighted by molar-refractivity contribution is -0.150. The Labute approximate surface area is 326 Å². The number of carboxylic acid groups (broad SMARTS) is 1. The highest BCUT2D eigenvalue weighted by atomic mass is 16.5. The minimum atomic E-state index is -1.02. The summed E-state index contributed by atoms with van der Waals surface area (Å²) in [5.74, 6) is -1.29. The molecule has 0 rings (SSSR count). The molecule has 0 bridgehead atoms. The Morgan fingerprint density at radius 2 is 0.962 bits per heavy atom. The molecule has 0 aromatic heterocycles. The number of nitrogens with one attached hydrogen (secondary N) is 1. The van der Waals surface area contributed by atoms with Crippen LogP contribution in [0.15, 0.2) is 60.8 Å². The van der Waals surface area contributed by atoms with Gasteiger partial charge in [-0.05, 0) is 89.9 Å². The first-order chi connectivity index (χ1) is 26.0. The predicted octanol–water partition coefficient (Wildman–Crippen LogP) is 13.6. The maximum Gasteiger partial charge on any atom is 0.322 e. The summed E-state index contributed by atoms with van der Waals surface area (Å²) < 4.78 is 5.99. The number of carbonyl (C=O) groups excluding carboxylic acids is 2. The lowest BCUT2D eigenvalue weighted by Gasteiger charge is -2.17. The number of esters is 1. The third-order valence-electron chi connectivity index (χ3n) is 9.43. The fourth-order valence-corrected chi connectivity index (χ4v) is 6.21. The fraction of sp³-hybridized carbons (Fsp3) is 0.723. The van der Waals surface area contributed by atoms with Crippen LogP contribution in [0.4, 0.5) is 0 Å². The van der Waals surface area contributed by atoms with Crippen LogP contribution in [-0.2, 0) is 19.1 Å². The van der Waals surface area contributed by atoms with E-state index in [2.05, 4.69) is 79.9 Å². The number of carbonyl (C=O) groups is 3. The van der Waals surface area contributed by atoms with E-state index in [1.807, 2.05) is 0 Å². The largest absolute Gasteiger partial charge is 0.480 e. The number of hydrogen-bond donors (Lipinski definition) is 2. The first-order valence-corrected chi connectivity index (χ1v) is 21.9. The number of rotatable bonds is 39. The van der Waals surface area contributed by atoms with Crippen molar-refractivity contribution >= 4 is 17.8 Å². The summed E-state index contributed by atoms with van der Waals surface area (Å²) in [5, 5.41) is 11.1. The van der Waals surface area contributed by atoms with E-state index in [0.717, 1.165) is 89.9 Å². The second-order valence-electron chi connectivity index (χ2n) is 14.6. The molecule has 0 radical (unpaired) electrons. The Balaban J connectivity index is 4.25. The normalized spacial score (nSPS) is 12.6. The number of hydrogen-bond acceptors (Lipinski definition) is 4. The van der Waals surface area contributed by atoms with Crippen molar-refractivity contribution in [3.8, 4) is 0 Å². The molecule has 0 spiro atoms. The number of unbranched alkanes of at least 4 members (excludes halogenated alkanes) is 18. The summed E-state index contributed by atoms with van der Waals surface area (Å²) in [5.41, 5.74) is 0. The van der Waals surface area contributed by atoms with Crippen molar-refractivity contribution in [3.05, 3.63) is 60.8 Å². The summed E-state index contributed by atoms with van der Waals surface area (Å²) >= 11 is 0. The van der Waals surface area contributed by atoms with Crippen LogP contribution in [-0.4, -0.2) is 35.6 Å². The summed E-state index contributed by atoms with van der Waals surface area (Å²) in [7, 11) is 0. The van der Waals surface area contributed by atoms with Gasteiger partial charge < -0.3 is 15.2 Å². The topological polar surface area (TPSA) is 92.7 Å². The first-order valence-electron chi connectivity index (χ1n) is 21.9. The second kappa shape index (κ2) is 41.9. The highest BCUT2D eigenvalue weighted by Crippen LogP contribution is 2.17. The van der Waals surface area contributed by atoms with E-state index in [1.165, 1.54) is 89.9 Å². The molecule has 0 heterocycles. The SMILES string of the molecule is CC/C=C\C/C=C\C/C=C\C/C=C\CCC(CCCCCCCC(=O)NCC(=O)O)OC(=O)CCCCCCCCC/C=C\CCCCCCCCC. The number of ether oxygens (including phenoxy) is 1. The van der Waals surface area contributed by atoms with Crippen LogP contribution in [0.2, 0.25) is 0 Å². The van der Waals surface area contributed by atoms with Gasteiger partial charge in [-0.1, -0.05) is 164 Å². The summed E-state index contributed by atoms with van der Waals surface area (Å²) in [4.78, 5) is 35.0. The number of carboxylic acids is 1. The van der Waals surface area contributed by atoms with Crippen molar-refractivity contribution in [1.82, 2.24) is 5.32 Å². The van der Waals surface area contributed by atoms with E-state index in [9.17, 15) is 14.4 Å². The fourth-order valence-electron chi connectivity index (χ4n) is 6.21. The van der Waals surface area contributed by atoms with Gasteiger partial charge in [-0.3, -0.25) is 14.4 Å². The number of amides is 1. The molecular formula is C47H81NO5. The zero-order valence-electron chi connectivity index (χ0n) is 34.4. The molecule has 0 aliphatic heterocycles. The minimum Gasteiger partial charge on any atom is -0.480 e. The van der Waals surface area contributed by atoms with Crippen LogP contribution in [0, 0.1) is 0 Å². The molecule has 0 aromatic carbocycles. The molecule has 53 heavy (non-hydrogen) atoms. The van der Waals surface area contributed by atoms with Crippen molar-refractivity contribution in [2.24, 2.45) is 0 Å². The Morgan fingerprint density at radius 3 is 1.51 bits per heavy atom. The third kappa shape index (κ3) is 41.7. The molecule has 2 N–H and O–H groups in total. The van der Waals surface area contributed by atoms with Gasteiger partial charge in [0.25, 0.3) is 0 Å². The molecule has 0 aliphatic rings. The van der Waals surface area contributed by atoms with Gasteiger partial charge in [0, 0.05) is 12.8 Å².